The van der Waals surface area contributed by atoms with Crippen molar-refractivity contribution in [1.29, 1.82) is 0 Å². The fraction of sp³-hybridized carbons (Fsp3) is 0.632. The van der Waals surface area contributed by atoms with Crippen molar-refractivity contribution in [2.45, 2.75) is 62.8 Å². The van der Waals surface area contributed by atoms with E-state index in [2.05, 4.69) is 14.8 Å². The van der Waals surface area contributed by atoms with Crippen molar-refractivity contribution in [1.82, 2.24) is 19.7 Å². The molecule has 2 atom stereocenters. The van der Waals surface area contributed by atoms with Crippen LogP contribution < -0.4 is 0 Å². The van der Waals surface area contributed by atoms with Crippen LogP contribution in [-0.4, -0.2) is 63.3 Å². The predicted octanol–water partition coefficient (Wildman–Crippen LogP) is 3.25. The summed E-state index contributed by atoms with van der Waals surface area (Å²) in [5, 5.41) is 11.6. The van der Waals surface area contributed by atoms with Crippen LogP contribution in [0.25, 0.3) is 10.7 Å². The standard InChI is InChI=1S/C19H26N4O3S3/c1-3-13(2)22(15-8-10-29(25,26)12-15)17(24)11-28-19-21-20-18(16-5-4-9-27-16)23(19)14-6-7-14/h4-5,9,13-15H,3,6-8,10-12H2,1-2H3/t13-,15+/m0/s1. The Morgan fingerprint density at radius 2 is 2.17 bits per heavy atom. The second-order valence-electron chi connectivity index (χ2n) is 7.79. The molecular formula is C19H26N4O3S3. The largest absolute Gasteiger partial charge is 0.335 e. The highest BCUT2D eigenvalue weighted by molar-refractivity contribution is 7.99. The van der Waals surface area contributed by atoms with Gasteiger partial charge in [0.15, 0.2) is 20.8 Å². The molecule has 0 N–H and O–H groups in total. The number of carbonyl (C=O) groups is 1. The Bertz CT molecular complexity index is 967. The van der Waals surface area contributed by atoms with E-state index in [1.54, 1.807) is 16.2 Å². The van der Waals surface area contributed by atoms with Crippen molar-refractivity contribution in [2.24, 2.45) is 0 Å². The van der Waals surface area contributed by atoms with Gasteiger partial charge in [-0.15, -0.1) is 21.5 Å². The predicted molar refractivity (Wildman–Crippen MR) is 116 cm³/mol. The summed E-state index contributed by atoms with van der Waals surface area (Å²) < 4.78 is 26.0. The van der Waals surface area contributed by atoms with Gasteiger partial charge in [-0.1, -0.05) is 24.8 Å². The molecule has 158 valence electrons. The van der Waals surface area contributed by atoms with Crippen LogP contribution in [0.3, 0.4) is 0 Å². The van der Waals surface area contributed by atoms with Gasteiger partial charge in [0.2, 0.25) is 5.91 Å². The minimum absolute atomic E-state index is 0.0179. The van der Waals surface area contributed by atoms with Crippen LogP contribution in [0, 0.1) is 0 Å². The van der Waals surface area contributed by atoms with Crippen LogP contribution in [0.4, 0.5) is 0 Å². The summed E-state index contributed by atoms with van der Waals surface area (Å²) in [5.41, 5.74) is 0. The summed E-state index contributed by atoms with van der Waals surface area (Å²) in [6.45, 7) is 4.02. The van der Waals surface area contributed by atoms with Crippen molar-refractivity contribution >= 4 is 38.8 Å². The first-order valence-corrected chi connectivity index (χ1v) is 13.7. The fourth-order valence-electron chi connectivity index (χ4n) is 3.81. The third-order valence-corrected chi connectivity index (χ3v) is 9.14. The van der Waals surface area contributed by atoms with Crippen molar-refractivity contribution in [3.05, 3.63) is 17.5 Å². The number of aromatic nitrogens is 3. The third kappa shape index (κ3) is 4.54. The monoisotopic (exact) mass is 454 g/mol. The van der Waals surface area contributed by atoms with Crippen molar-refractivity contribution in [2.75, 3.05) is 17.3 Å². The van der Waals surface area contributed by atoms with E-state index in [0.29, 0.717) is 12.5 Å². The number of thioether (sulfide) groups is 1. The third-order valence-electron chi connectivity index (χ3n) is 5.60. The maximum atomic E-state index is 13.1. The van der Waals surface area contributed by atoms with Gasteiger partial charge in [0, 0.05) is 18.1 Å². The first-order chi connectivity index (χ1) is 13.9. The second-order valence-corrected chi connectivity index (χ2v) is 11.9. The minimum atomic E-state index is -3.04. The maximum Gasteiger partial charge on any atom is 0.233 e. The number of sulfone groups is 1. The highest BCUT2D eigenvalue weighted by atomic mass is 32.2. The topological polar surface area (TPSA) is 85.2 Å². The molecule has 29 heavy (non-hydrogen) atoms. The molecule has 0 radical (unpaired) electrons. The molecule has 4 rings (SSSR count). The summed E-state index contributed by atoms with van der Waals surface area (Å²) >= 11 is 3.05. The average Bonchev–Trinajstić information content (AvgIpc) is 3.08. The number of nitrogens with zero attached hydrogens (tertiary/aromatic N) is 4. The molecule has 0 aromatic carbocycles. The lowest BCUT2D eigenvalue weighted by Gasteiger charge is -2.33. The van der Waals surface area contributed by atoms with E-state index in [-0.39, 0.29) is 35.2 Å². The van der Waals surface area contributed by atoms with Gasteiger partial charge < -0.3 is 4.90 Å². The molecule has 7 nitrogen and oxygen atoms in total. The second kappa shape index (κ2) is 8.39. The fourth-order valence-corrected chi connectivity index (χ4v) is 7.10. The zero-order chi connectivity index (χ0) is 20.6. The number of amides is 1. The van der Waals surface area contributed by atoms with Gasteiger partial charge in [-0.3, -0.25) is 9.36 Å². The highest BCUT2D eigenvalue weighted by Gasteiger charge is 2.37. The number of hydrogen-bond acceptors (Lipinski definition) is 7. The summed E-state index contributed by atoms with van der Waals surface area (Å²) in [6, 6.07) is 4.25. The van der Waals surface area contributed by atoms with E-state index in [1.165, 1.54) is 11.8 Å². The van der Waals surface area contributed by atoms with Gasteiger partial charge in [-0.25, -0.2) is 8.42 Å². The Morgan fingerprint density at radius 3 is 2.76 bits per heavy atom. The molecule has 0 bridgehead atoms. The summed E-state index contributed by atoms with van der Waals surface area (Å²) in [4.78, 5) is 16.0. The van der Waals surface area contributed by atoms with Gasteiger partial charge in [-0.05, 0) is 44.1 Å². The smallest absolute Gasteiger partial charge is 0.233 e. The first kappa shape index (κ1) is 20.9. The van der Waals surface area contributed by atoms with Crippen LogP contribution in [0.5, 0.6) is 0 Å². The highest BCUT2D eigenvalue weighted by Crippen LogP contribution is 2.41. The van der Waals surface area contributed by atoms with Crippen LogP contribution in [0.1, 0.15) is 45.6 Å². The normalized spacial score (nSPS) is 21.9. The molecule has 3 heterocycles. The SMILES string of the molecule is CC[C@H](C)N(C(=O)CSc1nnc(-c2cccs2)n1C1CC1)[C@@H]1CCS(=O)(=O)C1. The van der Waals surface area contributed by atoms with Crippen LogP contribution in [-0.2, 0) is 14.6 Å². The molecule has 2 aliphatic rings. The Balaban J connectivity index is 1.50. The lowest BCUT2D eigenvalue weighted by Crippen LogP contribution is -2.47. The Kier molecular flexibility index (Phi) is 6.04. The molecule has 1 saturated heterocycles. The van der Waals surface area contributed by atoms with Crippen molar-refractivity contribution in [3.8, 4) is 10.7 Å². The van der Waals surface area contributed by atoms with E-state index in [9.17, 15) is 13.2 Å². The molecule has 1 amide bonds. The van der Waals surface area contributed by atoms with Crippen LogP contribution in [0.15, 0.2) is 22.7 Å². The van der Waals surface area contributed by atoms with E-state index in [1.807, 2.05) is 31.4 Å². The maximum absolute atomic E-state index is 13.1. The number of hydrogen-bond donors (Lipinski definition) is 0. The van der Waals surface area contributed by atoms with E-state index in [0.717, 1.165) is 35.1 Å². The van der Waals surface area contributed by atoms with Gasteiger partial charge in [0.25, 0.3) is 0 Å². The van der Waals surface area contributed by atoms with Gasteiger partial charge >= 0.3 is 0 Å². The van der Waals surface area contributed by atoms with E-state index < -0.39 is 9.84 Å². The lowest BCUT2D eigenvalue weighted by molar-refractivity contribution is -0.132. The Hall–Kier alpha value is -1.39. The van der Waals surface area contributed by atoms with E-state index in [4.69, 9.17) is 0 Å². The molecule has 10 heteroatoms. The number of carbonyl (C=O) groups excluding carboxylic acids is 1. The molecule has 0 spiro atoms. The first-order valence-electron chi connectivity index (χ1n) is 10.0. The molecule has 2 aromatic heterocycles. The quantitative estimate of drug-likeness (QED) is 0.569. The van der Waals surface area contributed by atoms with Crippen molar-refractivity contribution in [3.63, 3.8) is 0 Å². The molecule has 2 fully saturated rings. The molecule has 1 aliphatic heterocycles. The van der Waals surface area contributed by atoms with Crippen LogP contribution in [0.2, 0.25) is 0 Å². The van der Waals surface area contributed by atoms with Gasteiger partial charge in [0.05, 0.1) is 22.1 Å². The molecule has 2 aromatic rings. The van der Waals surface area contributed by atoms with Gasteiger partial charge in [0.1, 0.15) is 0 Å². The summed E-state index contributed by atoms with van der Waals surface area (Å²) in [7, 11) is -3.04. The zero-order valence-electron chi connectivity index (χ0n) is 16.7. The van der Waals surface area contributed by atoms with E-state index >= 15 is 0 Å². The molecular weight excluding hydrogens is 428 g/mol. The Labute approximate surface area is 179 Å². The molecule has 1 saturated carbocycles. The van der Waals surface area contributed by atoms with Crippen LogP contribution >= 0.6 is 23.1 Å². The summed E-state index contributed by atoms with van der Waals surface area (Å²) in [5.74, 6) is 1.35. The van der Waals surface area contributed by atoms with Crippen molar-refractivity contribution < 1.29 is 13.2 Å². The average molecular weight is 455 g/mol. The van der Waals surface area contributed by atoms with Gasteiger partial charge in [-0.2, -0.15) is 0 Å². The Morgan fingerprint density at radius 1 is 1.38 bits per heavy atom. The zero-order valence-corrected chi connectivity index (χ0v) is 19.1. The summed E-state index contributed by atoms with van der Waals surface area (Å²) in [6.07, 6.45) is 3.55. The molecule has 0 unspecified atom stereocenters. The number of thiophene rings is 1. The lowest BCUT2D eigenvalue weighted by atomic mass is 10.1. The molecule has 1 aliphatic carbocycles. The number of rotatable bonds is 8. The minimum Gasteiger partial charge on any atom is -0.335 e.